The molecular formula is C36H45N3O7. The summed E-state index contributed by atoms with van der Waals surface area (Å²) in [5.41, 5.74) is 7.42. The smallest absolute Gasteiger partial charge is 0.243 e. The molecule has 4 unspecified atom stereocenters. The van der Waals surface area contributed by atoms with Crippen molar-refractivity contribution in [2.45, 2.75) is 82.6 Å². The van der Waals surface area contributed by atoms with Crippen LogP contribution in [0.25, 0.3) is 11.1 Å². The second-order valence-electron chi connectivity index (χ2n) is 12.1. The van der Waals surface area contributed by atoms with Gasteiger partial charge in [0.2, 0.25) is 11.8 Å². The van der Waals surface area contributed by atoms with Crippen molar-refractivity contribution in [3.8, 4) is 11.1 Å². The standard InChI is InChI=1S/C36H45N3O7/c40-23-25-11-13-27(14-12-25)33-20-31(22-39-19-5-7-30(39)24-41)45-36(46-33)28-17-15-26(16-18-28)32-8-2-1-6-29(32)21-37-34(42)9-3-4-10-35(43)38-44/h1-2,6,8,11-18,30-31,33,36,40-41,44H,3-5,7,9-10,19-24H2,(H,37,42)(H,38,43). The molecule has 0 aromatic heterocycles. The molecule has 4 atom stereocenters. The van der Waals surface area contributed by atoms with Crippen molar-refractivity contribution >= 4 is 11.8 Å². The van der Waals surface area contributed by atoms with E-state index in [4.69, 9.17) is 14.7 Å². The highest BCUT2D eigenvalue weighted by Gasteiger charge is 2.35. The lowest BCUT2D eigenvalue weighted by molar-refractivity contribution is -0.253. The van der Waals surface area contributed by atoms with Crippen LogP contribution in [0.5, 0.6) is 0 Å². The number of nitrogens with zero attached hydrogens (tertiary/aromatic N) is 1. The summed E-state index contributed by atoms with van der Waals surface area (Å²) in [5.74, 6) is -0.538. The number of hydrogen-bond acceptors (Lipinski definition) is 8. The number of nitrogens with one attached hydrogen (secondary N) is 2. The lowest BCUT2D eigenvalue weighted by Gasteiger charge is -2.38. The van der Waals surface area contributed by atoms with E-state index < -0.39 is 12.2 Å². The topological polar surface area (TPSA) is 141 Å². The van der Waals surface area contributed by atoms with E-state index in [0.717, 1.165) is 59.3 Å². The van der Waals surface area contributed by atoms with Gasteiger partial charge in [0.25, 0.3) is 0 Å². The average Bonchev–Trinajstić information content (AvgIpc) is 3.56. The molecule has 2 heterocycles. The highest BCUT2D eigenvalue weighted by Crippen LogP contribution is 2.39. The molecule has 2 aliphatic rings. The predicted molar refractivity (Wildman–Crippen MR) is 172 cm³/mol. The maximum absolute atomic E-state index is 12.4. The van der Waals surface area contributed by atoms with Gasteiger partial charge in [-0.2, -0.15) is 0 Å². The van der Waals surface area contributed by atoms with Crippen LogP contribution in [0.2, 0.25) is 0 Å². The predicted octanol–water partition coefficient (Wildman–Crippen LogP) is 4.53. The monoisotopic (exact) mass is 631 g/mol. The largest absolute Gasteiger partial charge is 0.395 e. The van der Waals surface area contributed by atoms with Gasteiger partial charge in [-0.25, -0.2) is 5.48 Å². The molecule has 2 saturated heterocycles. The number of carbonyl (C=O) groups is 2. The zero-order valence-electron chi connectivity index (χ0n) is 26.1. The summed E-state index contributed by atoms with van der Waals surface area (Å²) in [5, 5.41) is 31.0. The van der Waals surface area contributed by atoms with Crippen LogP contribution >= 0.6 is 0 Å². The molecule has 0 bridgehead atoms. The first-order valence-corrected chi connectivity index (χ1v) is 16.2. The van der Waals surface area contributed by atoms with Gasteiger partial charge in [-0.15, -0.1) is 0 Å². The van der Waals surface area contributed by atoms with Gasteiger partial charge in [0, 0.05) is 44.0 Å². The minimum absolute atomic E-state index is 0.00703. The lowest BCUT2D eigenvalue weighted by Crippen LogP contribution is -2.42. The fraction of sp³-hybridized carbons (Fsp3) is 0.444. The summed E-state index contributed by atoms with van der Waals surface area (Å²) < 4.78 is 13.1. The van der Waals surface area contributed by atoms with Crippen molar-refractivity contribution in [3.05, 3.63) is 95.1 Å². The third-order valence-corrected chi connectivity index (χ3v) is 8.93. The van der Waals surface area contributed by atoms with E-state index in [-0.39, 0.29) is 43.8 Å². The maximum atomic E-state index is 12.4. The Labute approximate surface area is 270 Å². The number of hydrogen-bond donors (Lipinski definition) is 5. The SMILES string of the molecule is O=C(CCCCC(=O)NCc1ccccc1-c1ccc(C2OC(CN3CCCC3CO)CC(c3ccc(CO)cc3)O2)cc1)NO. The number of benzene rings is 3. The Bertz CT molecular complexity index is 1420. The average molecular weight is 632 g/mol. The number of rotatable bonds is 14. The first-order chi connectivity index (χ1) is 22.5. The molecular weight excluding hydrogens is 586 g/mol. The van der Waals surface area contributed by atoms with Crippen LogP contribution in [0.4, 0.5) is 0 Å². The second-order valence-corrected chi connectivity index (χ2v) is 12.1. The molecule has 3 aromatic rings. The molecule has 0 radical (unpaired) electrons. The highest BCUT2D eigenvalue weighted by atomic mass is 16.7. The van der Waals surface area contributed by atoms with Gasteiger partial charge in [0.1, 0.15) is 0 Å². The van der Waals surface area contributed by atoms with Crippen LogP contribution in [-0.2, 0) is 32.2 Å². The molecule has 2 amide bonds. The second kappa shape index (κ2) is 16.8. The third kappa shape index (κ3) is 9.00. The molecule has 10 nitrogen and oxygen atoms in total. The first-order valence-electron chi connectivity index (χ1n) is 16.2. The number of carbonyl (C=O) groups excluding carboxylic acids is 2. The van der Waals surface area contributed by atoms with Crippen molar-refractivity contribution in [1.29, 1.82) is 0 Å². The molecule has 46 heavy (non-hydrogen) atoms. The minimum Gasteiger partial charge on any atom is -0.395 e. The van der Waals surface area contributed by atoms with Crippen LogP contribution in [0, 0.1) is 0 Å². The van der Waals surface area contributed by atoms with E-state index in [1.54, 1.807) is 5.48 Å². The molecule has 0 spiro atoms. The summed E-state index contributed by atoms with van der Waals surface area (Å²) in [4.78, 5) is 25.9. The van der Waals surface area contributed by atoms with Crippen molar-refractivity contribution in [2.24, 2.45) is 0 Å². The van der Waals surface area contributed by atoms with Gasteiger partial charge in [-0.3, -0.25) is 19.7 Å². The molecule has 5 N–H and O–H groups in total. The highest BCUT2D eigenvalue weighted by molar-refractivity contribution is 5.77. The Kier molecular flexibility index (Phi) is 12.3. The van der Waals surface area contributed by atoms with Crippen LogP contribution in [0.1, 0.15) is 79.6 Å². The van der Waals surface area contributed by atoms with E-state index in [9.17, 15) is 19.8 Å². The quantitative estimate of drug-likeness (QED) is 0.0994. The fourth-order valence-electron chi connectivity index (χ4n) is 6.32. The number of aliphatic hydroxyl groups is 2. The molecule has 3 aromatic carbocycles. The fourth-order valence-corrected chi connectivity index (χ4v) is 6.32. The summed E-state index contributed by atoms with van der Waals surface area (Å²) in [6, 6.07) is 24.1. The summed E-state index contributed by atoms with van der Waals surface area (Å²) >= 11 is 0. The van der Waals surface area contributed by atoms with Crippen molar-refractivity contribution < 1.29 is 34.5 Å². The van der Waals surface area contributed by atoms with Gasteiger partial charge < -0.3 is 25.0 Å². The van der Waals surface area contributed by atoms with Crippen molar-refractivity contribution in [2.75, 3.05) is 19.7 Å². The lowest BCUT2D eigenvalue weighted by atomic mass is 9.97. The number of ether oxygens (including phenoxy) is 2. The van der Waals surface area contributed by atoms with E-state index in [1.807, 2.05) is 72.8 Å². The van der Waals surface area contributed by atoms with Gasteiger partial charge in [-0.1, -0.05) is 72.8 Å². The number of aliphatic hydroxyl groups excluding tert-OH is 2. The van der Waals surface area contributed by atoms with Gasteiger partial charge >= 0.3 is 0 Å². The molecule has 2 aliphatic heterocycles. The maximum Gasteiger partial charge on any atom is 0.243 e. The minimum atomic E-state index is -0.566. The molecule has 0 aliphatic carbocycles. The van der Waals surface area contributed by atoms with Crippen LogP contribution < -0.4 is 10.8 Å². The van der Waals surface area contributed by atoms with E-state index in [0.29, 0.717) is 32.2 Å². The number of likely N-dealkylation sites (tertiary alicyclic amines) is 1. The van der Waals surface area contributed by atoms with Gasteiger partial charge in [0.05, 0.1) is 25.4 Å². The first kappa shape index (κ1) is 33.7. The number of amides is 2. The van der Waals surface area contributed by atoms with Crippen LogP contribution in [0.3, 0.4) is 0 Å². The van der Waals surface area contributed by atoms with E-state index >= 15 is 0 Å². The Balaban J connectivity index is 1.26. The summed E-state index contributed by atoms with van der Waals surface area (Å²) in [6.45, 7) is 2.20. The van der Waals surface area contributed by atoms with Crippen LogP contribution in [-0.4, -0.2) is 64.0 Å². The normalized spacial score (nSPS) is 21.6. The van der Waals surface area contributed by atoms with E-state index in [2.05, 4.69) is 10.2 Å². The molecule has 10 heteroatoms. The third-order valence-electron chi connectivity index (χ3n) is 8.93. The molecule has 0 saturated carbocycles. The number of unbranched alkanes of at least 4 members (excludes halogenated alkanes) is 1. The number of hydroxylamine groups is 1. The molecule has 2 fully saturated rings. The van der Waals surface area contributed by atoms with Gasteiger partial charge in [-0.05, 0) is 60.0 Å². The Morgan fingerprint density at radius 3 is 2.30 bits per heavy atom. The molecule has 246 valence electrons. The summed E-state index contributed by atoms with van der Waals surface area (Å²) in [6.07, 6.45) is 3.51. The Morgan fingerprint density at radius 2 is 1.59 bits per heavy atom. The zero-order valence-corrected chi connectivity index (χ0v) is 26.1. The zero-order chi connectivity index (χ0) is 32.3. The van der Waals surface area contributed by atoms with Crippen LogP contribution in [0.15, 0.2) is 72.8 Å². The van der Waals surface area contributed by atoms with Crippen molar-refractivity contribution in [1.82, 2.24) is 15.7 Å². The Hall–Kier alpha value is -3.64. The Morgan fingerprint density at radius 1 is 0.870 bits per heavy atom. The molecule has 5 rings (SSSR count). The van der Waals surface area contributed by atoms with E-state index in [1.165, 1.54) is 0 Å². The van der Waals surface area contributed by atoms with Gasteiger partial charge in [0.15, 0.2) is 6.29 Å². The van der Waals surface area contributed by atoms with Crippen molar-refractivity contribution in [3.63, 3.8) is 0 Å². The summed E-state index contributed by atoms with van der Waals surface area (Å²) in [7, 11) is 0.